The fraction of sp³-hybridized carbons (Fsp3) is 0.636. The molecule has 0 bridgehead atoms. The zero-order valence-corrected chi connectivity index (χ0v) is 20.1. The molecule has 1 saturated heterocycles. The Hall–Kier alpha value is -1.35. The fourth-order valence-corrected chi connectivity index (χ4v) is 4.01. The lowest BCUT2D eigenvalue weighted by Crippen LogP contribution is -2.42. The largest absolute Gasteiger partial charge is 0.381 e. The van der Waals surface area contributed by atoms with Crippen molar-refractivity contribution in [2.45, 2.75) is 39.0 Å². The Bertz CT molecular complexity index is 677. The van der Waals surface area contributed by atoms with Crippen molar-refractivity contribution >= 4 is 41.5 Å². The lowest BCUT2D eigenvalue weighted by Gasteiger charge is -2.29. The Kier molecular flexibility index (Phi) is 10.2. The number of nitrogens with zero attached hydrogens (tertiary/aromatic N) is 3. The van der Waals surface area contributed by atoms with Crippen molar-refractivity contribution in [2.75, 3.05) is 51.3 Å². The van der Waals surface area contributed by atoms with E-state index in [0.717, 1.165) is 82.5 Å². The molecule has 0 spiro atoms. The molecule has 1 amide bonds. The van der Waals surface area contributed by atoms with Crippen molar-refractivity contribution in [1.82, 2.24) is 10.2 Å². The molecule has 1 N–H and O–H groups in total. The van der Waals surface area contributed by atoms with Gasteiger partial charge in [-0.3, -0.25) is 4.79 Å². The van der Waals surface area contributed by atoms with E-state index in [1.54, 1.807) is 0 Å². The molecule has 0 radical (unpaired) electrons. The Morgan fingerprint density at radius 3 is 2.83 bits per heavy atom. The average Bonchev–Trinajstić information content (AvgIpc) is 2.75. The zero-order valence-electron chi connectivity index (χ0n) is 17.7. The predicted molar refractivity (Wildman–Crippen MR) is 129 cm³/mol. The summed E-state index contributed by atoms with van der Waals surface area (Å²) in [5.41, 5.74) is 2.30. The maximum absolute atomic E-state index is 12.9. The van der Waals surface area contributed by atoms with Gasteiger partial charge in [-0.05, 0) is 56.6 Å². The number of carbonyl (C=O) groups is 1. The second-order valence-electron chi connectivity index (χ2n) is 7.71. The van der Waals surface area contributed by atoms with Crippen LogP contribution in [-0.2, 0) is 16.0 Å². The third kappa shape index (κ3) is 6.84. The van der Waals surface area contributed by atoms with Crippen LogP contribution in [-0.4, -0.2) is 63.2 Å². The van der Waals surface area contributed by atoms with E-state index in [2.05, 4.69) is 35.2 Å². The van der Waals surface area contributed by atoms with E-state index in [9.17, 15) is 4.79 Å². The van der Waals surface area contributed by atoms with Crippen molar-refractivity contribution in [1.29, 1.82) is 0 Å². The minimum absolute atomic E-state index is 0. The number of hydrogen-bond acceptors (Lipinski definition) is 3. The Morgan fingerprint density at radius 1 is 1.31 bits per heavy atom. The molecule has 1 aromatic rings. The molecule has 2 aliphatic heterocycles. The smallest absolute Gasteiger partial charge is 0.248 e. The summed E-state index contributed by atoms with van der Waals surface area (Å²) >= 11 is 0. The molecule has 2 aliphatic rings. The molecule has 2 heterocycles. The molecule has 0 saturated carbocycles. The number of aliphatic imine (C=N–C) groups is 1. The second kappa shape index (κ2) is 12.4. The fourth-order valence-electron chi connectivity index (χ4n) is 4.01. The number of rotatable bonds is 6. The highest BCUT2D eigenvalue weighted by Crippen LogP contribution is 2.26. The first-order chi connectivity index (χ1) is 13.7. The number of benzene rings is 1. The summed E-state index contributed by atoms with van der Waals surface area (Å²) in [4.78, 5) is 21.5. The lowest BCUT2D eigenvalue weighted by molar-refractivity contribution is -0.117. The number of aryl methyl sites for hydroxylation is 1. The minimum atomic E-state index is 0. The normalized spacial score (nSPS) is 17.3. The highest BCUT2D eigenvalue weighted by molar-refractivity contribution is 14.0. The number of anilines is 1. The number of ether oxygens (including phenoxy) is 1. The van der Waals surface area contributed by atoms with Crippen LogP contribution in [0.3, 0.4) is 0 Å². The molecule has 0 aromatic heterocycles. The molecule has 1 aromatic carbocycles. The van der Waals surface area contributed by atoms with E-state index >= 15 is 0 Å². The van der Waals surface area contributed by atoms with Crippen LogP contribution in [0.15, 0.2) is 29.3 Å². The van der Waals surface area contributed by atoms with Crippen LogP contribution >= 0.6 is 24.0 Å². The van der Waals surface area contributed by atoms with Crippen LogP contribution < -0.4 is 10.2 Å². The number of amides is 1. The first-order valence-corrected chi connectivity index (χ1v) is 10.6. The van der Waals surface area contributed by atoms with Crippen molar-refractivity contribution in [2.24, 2.45) is 10.9 Å². The third-order valence-corrected chi connectivity index (χ3v) is 5.69. The summed E-state index contributed by atoms with van der Waals surface area (Å²) in [7, 11) is 2.06. The molecule has 6 nitrogen and oxygen atoms in total. The van der Waals surface area contributed by atoms with Gasteiger partial charge >= 0.3 is 0 Å². The number of guanidine groups is 1. The van der Waals surface area contributed by atoms with Gasteiger partial charge in [0.15, 0.2) is 5.96 Å². The average molecular weight is 514 g/mol. The first-order valence-electron chi connectivity index (χ1n) is 10.6. The molecule has 7 heteroatoms. The summed E-state index contributed by atoms with van der Waals surface area (Å²) < 4.78 is 5.45. The van der Waals surface area contributed by atoms with Crippen LogP contribution in [0.4, 0.5) is 5.69 Å². The van der Waals surface area contributed by atoms with Gasteiger partial charge in [-0.15, -0.1) is 24.0 Å². The summed E-state index contributed by atoms with van der Waals surface area (Å²) in [6.45, 7) is 6.52. The molecule has 0 atom stereocenters. The Balaban J connectivity index is 0.00000300. The summed E-state index contributed by atoms with van der Waals surface area (Å²) in [5.74, 6) is 1.61. The maximum atomic E-state index is 12.9. The number of fused-ring (bicyclic) bond motifs is 1. The topological polar surface area (TPSA) is 57.2 Å². The van der Waals surface area contributed by atoms with E-state index in [1.165, 1.54) is 5.56 Å². The van der Waals surface area contributed by atoms with Gasteiger partial charge in [0.05, 0.1) is 0 Å². The molecular weight excluding hydrogens is 479 g/mol. The summed E-state index contributed by atoms with van der Waals surface area (Å²) in [6, 6.07) is 8.21. The van der Waals surface area contributed by atoms with Gasteiger partial charge in [0.2, 0.25) is 5.91 Å². The van der Waals surface area contributed by atoms with E-state index in [4.69, 9.17) is 4.74 Å². The Morgan fingerprint density at radius 2 is 2.07 bits per heavy atom. The zero-order chi connectivity index (χ0) is 19.8. The standard InChI is InChI=1S/C22H34N4O2.HI/c1-3-23-22(25(2)14-10-18-11-15-28-16-12-18)24-17-21(27)26-13-6-8-19-7-4-5-9-20(19)26;/h4-5,7,9,18H,3,6,8,10-17H2,1-2H3,(H,23,24);1H. The van der Waals surface area contributed by atoms with Crippen LogP contribution in [0.2, 0.25) is 0 Å². The Labute approximate surface area is 192 Å². The van der Waals surface area contributed by atoms with Gasteiger partial charge < -0.3 is 19.9 Å². The van der Waals surface area contributed by atoms with Crippen molar-refractivity contribution in [3.05, 3.63) is 29.8 Å². The van der Waals surface area contributed by atoms with E-state index < -0.39 is 0 Å². The van der Waals surface area contributed by atoms with E-state index in [-0.39, 0.29) is 36.4 Å². The van der Waals surface area contributed by atoms with Gasteiger partial charge in [0.1, 0.15) is 6.54 Å². The number of nitrogens with one attached hydrogen (secondary N) is 1. The molecule has 162 valence electrons. The highest BCUT2D eigenvalue weighted by atomic mass is 127. The van der Waals surface area contributed by atoms with Gasteiger partial charge in [-0.2, -0.15) is 0 Å². The SMILES string of the molecule is CCNC(=NCC(=O)N1CCCc2ccccc21)N(C)CCC1CCOCC1.I. The van der Waals surface area contributed by atoms with Crippen LogP contribution in [0.25, 0.3) is 0 Å². The van der Waals surface area contributed by atoms with Gasteiger partial charge in [0.25, 0.3) is 0 Å². The molecule has 3 rings (SSSR count). The number of para-hydroxylation sites is 1. The predicted octanol–water partition coefficient (Wildman–Crippen LogP) is 3.30. The number of halogens is 1. The van der Waals surface area contributed by atoms with Gasteiger partial charge in [0, 0.05) is 45.6 Å². The van der Waals surface area contributed by atoms with Gasteiger partial charge in [-0.25, -0.2) is 4.99 Å². The molecular formula is C22H35IN4O2. The van der Waals surface area contributed by atoms with Crippen LogP contribution in [0.1, 0.15) is 38.2 Å². The maximum Gasteiger partial charge on any atom is 0.248 e. The van der Waals surface area contributed by atoms with Gasteiger partial charge in [-0.1, -0.05) is 18.2 Å². The number of carbonyl (C=O) groups excluding carboxylic acids is 1. The van der Waals surface area contributed by atoms with E-state index in [1.807, 2.05) is 23.1 Å². The van der Waals surface area contributed by atoms with Crippen LogP contribution in [0.5, 0.6) is 0 Å². The molecule has 29 heavy (non-hydrogen) atoms. The van der Waals surface area contributed by atoms with Crippen molar-refractivity contribution in [3.63, 3.8) is 0 Å². The third-order valence-electron chi connectivity index (χ3n) is 5.69. The quantitative estimate of drug-likeness (QED) is 0.360. The molecule has 1 fully saturated rings. The van der Waals surface area contributed by atoms with Crippen LogP contribution in [0, 0.1) is 5.92 Å². The first kappa shape index (κ1) is 23.9. The summed E-state index contributed by atoms with van der Waals surface area (Å²) in [6.07, 6.45) is 5.48. The second-order valence-corrected chi connectivity index (χ2v) is 7.71. The minimum Gasteiger partial charge on any atom is -0.381 e. The lowest BCUT2D eigenvalue weighted by atomic mass is 9.96. The molecule has 0 aliphatic carbocycles. The highest BCUT2D eigenvalue weighted by Gasteiger charge is 2.22. The number of hydrogen-bond donors (Lipinski definition) is 1. The van der Waals surface area contributed by atoms with Crippen molar-refractivity contribution in [3.8, 4) is 0 Å². The van der Waals surface area contributed by atoms with Crippen molar-refractivity contribution < 1.29 is 9.53 Å². The summed E-state index contributed by atoms with van der Waals surface area (Å²) in [5, 5.41) is 3.33. The molecule has 0 unspecified atom stereocenters. The van der Waals surface area contributed by atoms with E-state index in [0.29, 0.717) is 0 Å². The monoisotopic (exact) mass is 514 g/mol.